The molecule has 1 aromatic heterocycles. The van der Waals surface area contributed by atoms with Crippen molar-refractivity contribution in [3.05, 3.63) is 287 Å². The van der Waals surface area contributed by atoms with Gasteiger partial charge in [-0.3, -0.25) is 4.99 Å². The van der Waals surface area contributed by atoms with Crippen LogP contribution in [0.1, 0.15) is 65.0 Å². The Kier molecular flexibility index (Phi) is 10.4. The van der Waals surface area contributed by atoms with Crippen LogP contribution in [-0.2, 0) is 6.42 Å². The van der Waals surface area contributed by atoms with Crippen LogP contribution in [0.4, 0.5) is 0 Å². The van der Waals surface area contributed by atoms with E-state index in [0.717, 1.165) is 49.1 Å². The second-order valence-electron chi connectivity index (χ2n) is 20.0. The summed E-state index contributed by atoms with van der Waals surface area (Å²) in [5.41, 5.74) is 26.9. The standard InChI is InChI=1S/C70H52N2/c1-5-19-47(20-6-1)54-39-55(48-21-7-2-8-22-48)41-56(40-54)72-68-31-16-15-30-61(68)62-37-34-52(43-69(62)72)51-33-36-60-58-29-14-13-28-57(58)59(64(60)42-51)35-32-46-18-17-27-53(38-46)70-66-44-65(66)63(49-23-9-3-10-24-49)45-67(71-70)50-25-11-4-12-26-50/h1-12,14-27,29-31,33-34,36-43,45,59,66H,13,28,32,35,44H2. The lowest BCUT2D eigenvalue weighted by molar-refractivity contribution is 0.684. The van der Waals surface area contributed by atoms with Crippen LogP contribution in [-0.4, -0.2) is 10.3 Å². The minimum atomic E-state index is 0.335. The number of allylic oxidation sites excluding steroid dienone is 7. The number of hydrogen-bond acceptors (Lipinski definition) is 1. The number of para-hydroxylation sites is 1. The third-order valence-electron chi connectivity index (χ3n) is 15.7. The van der Waals surface area contributed by atoms with Gasteiger partial charge >= 0.3 is 0 Å². The van der Waals surface area contributed by atoms with Gasteiger partial charge in [-0.15, -0.1) is 0 Å². The number of aryl methyl sites for hydroxylation is 1. The Morgan fingerprint density at radius 2 is 1.10 bits per heavy atom. The Balaban J connectivity index is 0.817. The van der Waals surface area contributed by atoms with Crippen LogP contribution >= 0.6 is 0 Å². The summed E-state index contributed by atoms with van der Waals surface area (Å²) < 4.78 is 2.49. The van der Waals surface area contributed by atoms with Crippen LogP contribution in [0, 0.1) is 5.92 Å². The first-order chi connectivity index (χ1) is 35.7. The van der Waals surface area contributed by atoms with Crippen molar-refractivity contribution in [2.45, 2.75) is 38.0 Å². The van der Waals surface area contributed by atoms with Crippen LogP contribution in [0.15, 0.2) is 259 Å². The molecular formula is C70H52N2. The van der Waals surface area contributed by atoms with E-state index < -0.39 is 0 Å². The number of nitrogens with zero attached hydrogens (tertiary/aromatic N) is 2. The summed E-state index contributed by atoms with van der Waals surface area (Å²) >= 11 is 0. The lowest BCUT2D eigenvalue weighted by Crippen LogP contribution is -2.06. The Morgan fingerprint density at radius 3 is 1.85 bits per heavy atom. The average Bonchev–Trinajstić information content (AvgIpc) is 4.11. The summed E-state index contributed by atoms with van der Waals surface area (Å²) in [6.45, 7) is 0. The van der Waals surface area contributed by atoms with E-state index in [2.05, 4.69) is 247 Å². The summed E-state index contributed by atoms with van der Waals surface area (Å²) in [5.74, 6) is 0.701. The first kappa shape index (κ1) is 42.3. The van der Waals surface area contributed by atoms with Gasteiger partial charge in [0.05, 0.1) is 22.4 Å². The van der Waals surface area contributed by atoms with Gasteiger partial charge in [0.25, 0.3) is 0 Å². The van der Waals surface area contributed by atoms with Crippen molar-refractivity contribution >= 4 is 44.4 Å². The number of aliphatic imine (C=N–C) groups is 1. The zero-order valence-corrected chi connectivity index (χ0v) is 40.2. The number of hydrogen-bond donors (Lipinski definition) is 0. The molecule has 0 bridgehead atoms. The van der Waals surface area contributed by atoms with Crippen molar-refractivity contribution < 1.29 is 0 Å². The Hall–Kier alpha value is -8.59. The van der Waals surface area contributed by atoms with Crippen LogP contribution in [0.3, 0.4) is 0 Å². The Labute approximate surface area is 422 Å². The highest BCUT2D eigenvalue weighted by atomic mass is 15.0. The number of benzene rings is 9. The van der Waals surface area contributed by atoms with Crippen LogP contribution in [0.25, 0.3) is 77.7 Å². The van der Waals surface area contributed by atoms with Gasteiger partial charge in [-0.1, -0.05) is 205 Å². The highest BCUT2D eigenvalue weighted by Gasteiger charge is 2.40. The predicted octanol–water partition coefficient (Wildman–Crippen LogP) is 17.9. The summed E-state index contributed by atoms with van der Waals surface area (Å²) in [6, 6.07) is 82.9. The molecule has 4 aliphatic rings. The largest absolute Gasteiger partial charge is 0.309 e. The van der Waals surface area contributed by atoms with Gasteiger partial charge in [0.1, 0.15) is 0 Å². The summed E-state index contributed by atoms with van der Waals surface area (Å²) in [7, 11) is 0. The molecule has 342 valence electrons. The second kappa shape index (κ2) is 17.7. The Morgan fingerprint density at radius 1 is 0.458 bits per heavy atom. The maximum atomic E-state index is 5.52. The summed E-state index contributed by atoms with van der Waals surface area (Å²) in [5, 5.41) is 2.52. The molecule has 2 atom stereocenters. The molecule has 0 amide bonds. The molecule has 0 spiro atoms. The zero-order valence-electron chi connectivity index (χ0n) is 40.2. The SMILES string of the molecule is C1=CC2=C(CC1)C(CCc1cccc(C3=NC(c4ccccc4)=CC(c4ccccc4)=C4CC34)c1)c1cc(-c3ccc4c5ccccc5n(-c5cc(-c6ccccc6)cc(-c6ccccc6)c5)c4c3)ccc12. The molecule has 1 saturated carbocycles. The first-order valence-electron chi connectivity index (χ1n) is 25.8. The van der Waals surface area contributed by atoms with Crippen molar-refractivity contribution in [1.82, 2.24) is 4.57 Å². The summed E-state index contributed by atoms with van der Waals surface area (Å²) in [6.07, 6.45) is 12.5. The van der Waals surface area contributed by atoms with Gasteiger partial charge in [-0.25, -0.2) is 0 Å². The van der Waals surface area contributed by atoms with E-state index in [9.17, 15) is 0 Å². The predicted molar refractivity (Wildman–Crippen MR) is 302 cm³/mol. The molecule has 3 aliphatic carbocycles. The van der Waals surface area contributed by atoms with E-state index in [-0.39, 0.29) is 0 Å². The molecule has 2 heteroatoms. The van der Waals surface area contributed by atoms with Gasteiger partial charge in [-0.05, 0) is 153 Å². The molecular weight excluding hydrogens is 869 g/mol. The normalized spacial score (nSPS) is 16.8. The smallest absolute Gasteiger partial charge is 0.0711 e. The van der Waals surface area contributed by atoms with Crippen molar-refractivity contribution in [2.75, 3.05) is 0 Å². The fraction of sp³-hybridized carbons (Fsp3) is 0.100. The molecule has 1 fully saturated rings. The third kappa shape index (κ3) is 7.54. The average molecular weight is 921 g/mol. The van der Waals surface area contributed by atoms with Crippen molar-refractivity contribution in [3.8, 4) is 39.1 Å². The van der Waals surface area contributed by atoms with E-state index >= 15 is 0 Å². The minimum absolute atomic E-state index is 0.335. The molecule has 72 heavy (non-hydrogen) atoms. The van der Waals surface area contributed by atoms with E-state index in [1.54, 1.807) is 5.57 Å². The molecule has 2 nitrogen and oxygen atoms in total. The number of aromatic nitrogens is 1. The highest BCUT2D eigenvalue weighted by molar-refractivity contribution is 6.13. The van der Waals surface area contributed by atoms with Crippen molar-refractivity contribution in [3.63, 3.8) is 0 Å². The maximum Gasteiger partial charge on any atom is 0.0711 e. The highest BCUT2D eigenvalue weighted by Crippen LogP contribution is 2.51. The molecule has 9 aromatic carbocycles. The molecule has 2 heterocycles. The molecule has 1 aliphatic heterocycles. The lowest BCUT2D eigenvalue weighted by atomic mass is 9.85. The van der Waals surface area contributed by atoms with Gasteiger partial charge in [0, 0.05) is 33.9 Å². The Bertz CT molecular complexity index is 3860. The lowest BCUT2D eigenvalue weighted by Gasteiger charge is -2.19. The monoisotopic (exact) mass is 920 g/mol. The van der Waals surface area contributed by atoms with Crippen LogP contribution < -0.4 is 0 Å². The quantitative estimate of drug-likeness (QED) is 0.130. The fourth-order valence-electron chi connectivity index (χ4n) is 12.2. The maximum absolute atomic E-state index is 5.52. The molecule has 10 aromatic rings. The molecule has 2 unspecified atom stereocenters. The number of fused-ring (bicyclic) bond motifs is 6. The van der Waals surface area contributed by atoms with E-state index in [1.807, 2.05) is 0 Å². The minimum Gasteiger partial charge on any atom is -0.309 e. The van der Waals surface area contributed by atoms with E-state index in [0.29, 0.717) is 11.8 Å². The molecule has 0 saturated heterocycles. The first-order valence-corrected chi connectivity index (χ1v) is 25.8. The fourth-order valence-corrected chi connectivity index (χ4v) is 12.2. The summed E-state index contributed by atoms with van der Waals surface area (Å²) in [4.78, 5) is 5.52. The molecule has 14 rings (SSSR count). The second-order valence-corrected chi connectivity index (χ2v) is 20.0. The van der Waals surface area contributed by atoms with Crippen molar-refractivity contribution in [1.29, 1.82) is 0 Å². The van der Waals surface area contributed by atoms with Crippen LogP contribution in [0.5, 0.6) is 0 Å². The van der Waals surface area contributed by atoms with Gasteiger partial charge in [0.2, 0.25) is 0 Å². The van der Waals surface area contributed by atoms with Crippen molar-refractivity contribution in [2.24, 2.45) is 10.9 Å². The van der Waals surface area contributed by atoms with E-state index in [4.69, 9.17) is 4.99 Å². The third-order valence-corrected chi connectivity index (χ3v) is 15.7. The zero-order chi connectivity index (χ0) is 47.5. The van der Waals surface area contributed by atoms with E-state index in [1.165, 1.54) is 105 Å². The topological polar surface area (TPSA) is 17.3 Å². The number of rotatable bonds is 10. The van der Waals surface area contributed by atoms with Gasteiger partial charge in [-0.2, -0.15) is 0 Å². The van der Waals surface area contributed by atoms with Crippen LogP contribution in [0.2, 0.25) is 0 Å². The van der Waals surface area contributed by atoms with Gasteiger partial charge in [0.15, 0.2) is 0 Å². The molecule has 0 radical (unpaired) electrons. The van der Waals surface area contributed by atoms with Gasteiger partial charge < -0.3 is 4.57 Å². The molecule has 0 N–H and O–H groups in total.